The highest BCUT2D eigenvalue weighted by atomic mass is 32.2. The van der Waals surface area contributed by atoms with Crippen LogP contribution in [0.5, 0.6) is 11.5 Å². The number of fused-ring (bicyclic) bond motifs is 1. The first kappa shape index (κ1) is 27.3. The van der Waals surface area contributed by atoms with E-state index in [0.717, 1.165) is 11.8 Å². The van der Waals surface area contributed by atoms with Crippen molar-refractivity contribution in [2.75, 3.05) is 43.7 Å². The van der Waals surface area contributed by atoms with Gasteiger partial charge in [-0.05, 0) is 31.0 Å². The molecule has 1 unspecified atom stereocenters. The first-order valence-corrected chi connectivity index (χ1v) is 13.6. The summed E-state index contributed by atoms with van der Waals surface area (Å²) in [6.45, 7) is 4.67. The van der Waals surface area contributed by atoms with Crippen LogP contribution in [0.4, 0.5) is 10.9 Å². The summed E-state index contributed by atoms with van der Waals surface area (Å²) in [5.74, 6) is -0.251. The largest absolute Gasteiger partial charge is 0.486 e. The van der Waals surface area contributed by atoms with Crippen LogP contribution in [0.3, 0.4) is 0 Å². The second-order valence-corrected chi connectivity index (χ2v) is 9.74. The fraction of sp³-hybridized carbons (Fsp3) is 0.375. The minimum atomic E-state index is -0.806. The number of thioether (sulfide) groups is 1. The Labute approximate surface area is 226 Å². The number of methoxy groups -OCH3 is 1. The average molecular weight is 562 g/mol. The summed E-state index contributed by atoms with van der Waals surface area (Å²) in [5, 5.41) is 13.1. The van der Waals surface area contributed by atoms with E-state index >= 15 is 0 Å². The van der Waals surface area contributed by atoms with Gasteiger partial charge in [-0.3, -0.25) is 14.2 Å². The van der Waals surface area contributed by atoms with E-state index in [1.165, 1.54) is 23.0 Å². The quantitative estimate of drug-likeness (QED) is 0.276. The Morgan fingerprint density at radius 3 is 2.68 bits per heavy atom. The number of rotatable bonds is 10. The lowest BCUT2D eigenvalue weighted by Gasteiger charge is -2.19. The number of carbonyl (C=O) groups is 3. The Bertz CT molecular complexity index is 1340. The van der Waals surface area contributed by atoms with Crippen LogP contribution in [0.25, 0.3) is 11.1 Å². The minimum Gasteiger partial charge on any atom is -0.486 e. The average Bonchev–Trinajstić information content (AvgIpc) is 3.50. The zero-order chi connectivity index (χ0) is 27.2. The van der Waals surface area contributed by atoms with Gasteiger partial charge < -0.3 is 30.0 Å². The molecule has 12 nitrogen and oxygen atoms in total. The van der Waals surface area contributed by atoms with Gasteiger partial charge in [-0.15, -0.1) is 21.5 Å². The number of anilines is 2. The van der Waals surface area contributed by atoms with Gasteiger partial charge in [0.05, 0.1) is 19.5 Å². The third-order valence-electron chi connectivity index (χ3n) is 5.59. The fourth-order valence-electron chi connectivity index (χ4n) is 3.86. The molecule has 38 heavy (non-hydrogen) atoms. The predicted octanol–water partition coefficient (Wildman–Crippen LogP) is 3.39. The molecule has 0 spiro atoms. The van der Waals surface area contributed by atoms with E-state index in [4.69, 9.17) is 24.7 Å². The third-order valence-corrected chi connectivity index (χ3v) is 7.40. The lowest BCUT2D eigenvalue weighted by atomic mass is 10.0. The van der Waals surface area contributed by atoms with Gasteiger partial charge in [-0.25, -0.2) is 4.79 Å². The maximum atomic E-state index is 13.5. The topological polar surface area (TPSA) is 157 Å². The van der Waals surface area contributed by atoms with Gasteiger partial charge in [0.2, 0.25) is 11.9 Å². The number of thiophene rings is 1. The van der Waals surface area contributed by atoms with Crippen molar-refractivity contribution in [2.45, 2.75) is 31.5 Å². The number of carbonyl (C=O) groups excluding carboxylic acids is 3. The monoisotopic (exact) mass is 561 g/mol. The van der Waals surface area contributed by atoms with Crippen LogP contribution in [0, 0.1) is 0 Å². The van der Waals surface area contributed by atoms with Crippen molar-refractivity contribution < 1.29 is 33.3 Å². The van der Waals surface area contributed by atoms with E-state index in [2.05, 4.69) is 15.5 Å². The van der Waals surface area contributed by atoms with Crippen molar-refractivity contribution in [3.05, 3.63) is 29.1 Å². The highest BCUT2D eigenvalue weighted by Gasteiger charge is 2.29. The molecule has 1 atom stereocenters. The van der Waals surface area contributed by atoms with Crippen LogP contribution >= 0.6 is 23.1 Å². The molecule has 1 amide bonds. The van der Waals surface area contributed by atoms with Crippen molar-refractivity contribution in [3.63, 3.8) is 0 Å². The van der Waals surface area contributed by atoms with Gasteiger partial charge in [0.25, 0.3) is 0 Å². The Morgan fingerprint density at radius 2 is 1.97 bits per heavy atom. The molecule has 14 heteroatoms. The molecule has 2 aromatic heterocycles. The van der Waals surface area contributed by atoms with Gasteiger partial charge in [0.1, 0.15) is 29.8 Å². The van der Waals surface area contributed by atoms with E-state index in [-0.39, 0.29) is 23.9 Å². The minimum absolute atomic E-state index is 0.0136. The normalized spacial score (nSPS) is 13.0. The van der Waals surface area contributed by atoms with Crippen molar-refractivity contribution >= 4 is 51.9 Å². The molecule has 3 aromatic rings. The SMILES string of the molecule is CCOC(=O)CSc1nnc(N)n1C(CC)C(=O)Nc1scc(-c2ccc3c(c2)OCCO3)c1C(=O)OC. The predicted molar refractivity (Wildman–Crippen MR) is 142 cm³/mol. The molecule has 3 N–H and O–H groups in total. The smallest absolute Gasteiger partial charge is 0.341 e. The summed E-state index contributed by atoms with van der Waals surface area (Å²) in [6.07, 6.45) is 0.342. The lowest BCUT2D eigenvalue weighted by molar-refractivity contribution is -0.139. The summed E-state index contributed by atoms with van der Waals surface area (Å²) in [6, 6.07) is 4.57. The summed E-state index contributed by atoms with van der Waals surface area (Å²) in [5.41, 5.74) is 7.54. The first-order valence-electron chi connectivity index (χ1n) is 11.8. The van der Waals surface area contributed by atoms with Crippen molar-refractivity contribution in [1.29, 1.82) is 0 Å². The van der Waals surface area contributed by atoms with Crippen LogP contribution in [0.2, 0.25) is 0 Å². The summed E-state index contributed by atoms with van der Waals surface area (Å²) >= 11 is 2.26. The third kappa shape index (κ3) is 5.70. The molecule has 4 rings (SSSR count). The van der Waals surface area contributed by atoms with E-state index in [1.807, 2.05) is 6.07 Å². The molecule has 1 aliphatic rings. The number of aromatic nitrogens is 3. The Kier molecular flexibility index (Phi) is 8.73. The molecule has 0 saturated heterocycles. The second kappa shape index (κ2) is 12.2. The molecular formula is C24H27N5O7S2. The van der Waals surface area contributed by atoms with E-state index in [1.54, 1.807) is 31.4 Å². The molecule has 0 bridgehead atoms. The number of esters is 2. The van der Waals surface area contributed by atoms with Crippen LogP contribution in [-0.4, -0.2) is 65.3 Å². The second-order valence-electron chi connectivity index (χ2n) is 7.92. The number of amides is 1. The fourth-order valence-corrected chi connectivity index (χ4v) is 5.61. The van der Waals surface area contributed by atoms with Crippen LogP contribution in [-0.2, 0) is 19.1 Å². The summed E-state index contributed by atoms with van der Waals surface area (Å²) in [4.78, 5) is 38.1. The number of ether oxygens (including phenoxy) is 4. The zero-order valence-corrected chi connectivity index (χ0v) is 22.6. The summed E-state index contributed by atoms with van der Waals surface area (Å²) in [7, 11) is 1.28. The number of hydrogen-bond acceptors (Lipinski definition) is 12. The van der Waals surface area contributed by atoms with Gasteiger partial charge in [0.15, 0.2) is 16.7 Å². The van der Waals surface area contributed by atoms with Crippen molar-refractivity contribution in [1.82, 2.24) is 14.8 Å². The molecule has 202 valence electrons. The van der Waals surface area contributed by atoms with Crippen LogP contribution < -0.4 is 20.5 Å². The van der Waals surface area contributed by atoms with Crippen molar-refractivity contribution in [2.24, 2.45) is 0 Å². The molecule has 0 fully saturated rings. The number of nitrogen functional groups attached to an aromatic ring is 1. The Balaban J connectivity index is 1.61. The Morgan fingerprint density at radius 1 is 1.21 bits per heavy atom. The molecule has 1 aliphatic heterocycles. The van der Waals surface area contributed by atoms with Gasteiger partial charge in [-0.1, -0.05) is 24.8 Å². The number of nitrogens with two attached hydrogens (primary N) is 1. The highest BCUT2D eigenvalue weighted by Crippen LogP contribution is 2.41. The van der Waals surface area contributed by atoms with Crippen molar-refractivity contribution in [3.8, 4) is 22.6 Å². The first-order chi connectivity index (χ1) is 18.4. The van der Waals surface area contributed by atoms with Crippen LogP contribution in [0.15, 0.2) is 28.7 Å². The van der Waals surface area contributed by atoms with E-state index in [9.17, 15) is 14.4 Å². The number of benzene rings is 1. The maximum absolute atomic E-state index is 13.5. The lowest BCUT2D eigenvalue weighted by Crippen LogP contribution is -2.27. The number of nitrogens with zero attached hydrogens (tertiary/aromatic N) is 3. The van der Waals surface area contributed by atoms with Gasteiger partial charge in [0, 0.05) is 10.9 Å². The van der Waals surface area contributed by atoms with Gasteiger partial charge in [-0.2, -0.15) is 0 Å². The highest BCUT2D eigenvalue weighted by molar-refractivity contribution is 7.99. The number of nitrogens with one attached hydrogen (secondary N) is 1. The molecule has 0 radical (unpaired) electrons. The Hall–Kier alpha value is -3.78. The van der Waals surface area contributed by atoms with E-state index < -0.39 is 23.9 Å². The maximum Gasteiger partial charge on any atom is 0.341 e. The summed E-state index contributed by atoms with van der Waals surface area (Å²) < 4.78 is 22.7. The molecular weight excluding hydrogens is 534 g/mol. The molecule has 0 saturated carbocycles. The number of hydrogen-bond donors (Lipinski definition) is 2. The molecule has 0 aliphatic carbocycles. The van der Waals surface area contributed by atoms with Gasteiger partial charge >= 0.3 is 11.9 Å². The molecule has 1 aromatic carbocycles. The zero-order valence-electron chi connectivity index (χ0n) is 21.0. The van der Waals surface area contributed by atoms with E-state index in [0.29, 0.717) is 52.4 Å². The standard InChI is InChI=1S/C24H27N5O7S2/c1-4-15(29-23(25)27-28-24(29)38-12-18(30)34-5-2)20(31)26-21-19(22(32)33-3)14(11-37-21)13-6-7-16-17(10-13)36-9-8-35-16/h6-7,10-11,15H,4-5,8-9,12H2,1-3H3,(H2,25,27)(H,26,31). The molecule has 3 heterocycles. The van der Waals surface area contributed by atoms with Crippen LogP contribution in [0.1, 0.15) is 36.7 Å².